The van der Waals surface area contributed by atoms with E-state index in [0.717, 1.165) is 6.07 Å². The van der Waals surface area contributed by atoms with Crippen molar-refractivity contribution in [3.05, 3.63) is 75.2 Å². The van der Waals surface area contributed by atoms with Crippen LogP contribution in [0.1, 0.15) is 47.2 Å². The van der Waals surface area contributed by atoms with Gasteiger partial charge in [0, 0.05) is 24.4 Å². The molecule has 2 aliphatic rings. The van der Waals surface area contributed by atoms with Crippen LogP contribution in [0.5, 0.6) is 5.75 Å². The van der Waals surface area contributed by atoms with Crippen LogP contribution in [0.2, 0.25) is 0 Å². The Hall–Kier alpha value is -3.69. The fourth-order valence-electron chi connectivity index (χ4n) is 3.83. The van der Waals surface area contributed by atoms with Crippen LogP contribution in [-0.2, 0) is 6.54 Å². The van der Waals surface area contributed by atoms with Gasteiger partial charge in [-0.1, -0.05) is 18.2 Å². The topological polar surface area (TPSA) is 94.9 Å². The number of nitrogens with one attached hydrogen (secondary N) is 1. The normalized spacial score (nSPS) is 18.9. The highest BCUT2D eigenvalue weighted by Crippen LogP contribution is 2.30. The largest absolute Gasteiger partial charge is 0.502 e. The van der Waals surface area contributed by atoms with Crippen LogP contribution in [0.15, 0.2) is 41.3 Å². The van der Waals surface area contributed by atoms with Crippen LogP contribution >= 0.6 is 0 Å². The number of fused-ring (bicyclic) bond motifs is 4. The van der Waals surface area contributed by atoms with E-state index in [1.165, 1.54) is 21.8 Å². The predicted octanol–water partition coefficient (Wildman–Crippen LogP) is 1.85. The smallest absolute Gasteiger partial charge is 0.278 e. The number of aromatic hydroxyl groups is 1. The molecule has 1 atom stereocenters. The Balaban J connectivity index is 1.72. The quantitative estimate of drug-likeness (QED) is 0.705. The molecule has 32 heavy (non-hydrogen) atoms. The van der Waals surface area contributed by atoms with Crippen LogP contribution < -0.4 is 15.8 Å². The third-order valence-electron chi connectivity index (χ3n) is 5.82. The van der Waals surface area contributed by atoms with E-state index in [1.807, 2.05) is 32.9 Å². The number of rotatable bonds is 3. The van der Waals surface area contributed by atoms with E-state index in [2.05, 4.69) is 5.32 Å². The van der Waals surface area contributed by atoms with Gasteiger partial charge in [-0.15, -0.1) is 0 Å². The van der Waals surface area contributed by atoms with E-state index in [9.17, 15) is 28.3 Å². The summed E-state index contributed by atoms with van der Waals surface area (Å²) < 4.78 is 28.2. The number of benzene rings is 1. The Kier molecular flexibility index (Phi) is 5.03. The van der Waals surface area contributed by atoms with Gasteiger partial charge in [0.25, 0.3) is 11.8 Å². The average molecular weight is 444 g/mol. The van der Waals surface area contributed by atoms with Crippen LogP contribution in [0.25, 0.3) is 0 Å². The molecule has 0 unspecified atom stereocenters. The van der Waals surface area contributed by atoms with Crippen molar-refractivity contribution < 1.29 is 23.5 Å². The molecule has 0 saturated heterocycles. The molecule has 8 nitrogen and oxygen atoms in total. The second-order valence-electron chi connectivity index (χ2n) is 8.40. The Morgan fingerprint density at radius 1 is 1.28 bits per heavy atom. The summed E-state index contributed by atoms with van der Waals surface area (Å²) in [6.07, 6.45) is 4.97. The molecule has 3 heterocycles. The van der Waals surface area contributed by atoms with Crippen molar-refractivity contribution in [2.45, 2.75) is 38.9 Å². The lowest BCUT2D eigenvalue weighted by Gasteiger charge is -2.45. The first-order valence-corrected chi connectivity index (χ1v) is 10.0. The zero-order valence-corrected chi connectivity index (χ0v) is 17.7. The van der Waals surface area contributed by atoms with Crippen molar-refractivity contribution in [1.29, 1.82) is 0 Å². The number of amides is 2. The lowest BCUT2D eigenvalue weighted by Crippen LogP contribution is -2.60. The first kappa shape index (κ1) is 21.5. The van der Waals surface area contributed by atoms with Gasteiger partial charge in [-0.25, -0.2) is 8.78 Å². The molecule has 168 valence electrons. The highest BCUT2D eigenvalue weighted by molar-refractivity contribution is 5.99. The van der Waals surface area contributed by atoms with E-state index in [0.29, 0.717) is 6.07 Å². The van der Waals surface area contributed by atoms with Crippen molar-refractivity contribution in [3.8, 4) is 5.75 Å². The fourth-order valence-corrected chi connectivity index (χ4v) is 3.83. The van der Waals surface area contributed by atoms with Crippen molar-refractivity contribution in [3.63, 3.8) is 0 Å². The van der Waals surface area contributed by atoms with Gasteiger partial charge in [0.2, 0.25) is 5.43 Å². The molecule has 0 aliphatic carbocycles. The van der Waals surface area contributed by atoms with Gasteiger partial charge < -0.3 is 15.3 Å². The number of hydrogen-bond donors (Lipinski definition) is 2. The standard InChI is InChI=1S/C22H22F2N4O4/c1-12-6-7-22(2,3)26-11-28(12)27-10-15(18(29)19(30)17(27)21(26)32)20(31)25-9-13-4-5-14(23)8-16(13)24/h4-8,10,12,30H,9,11H2,1-3H3,(H,25,31)/t12-/m0/s1. The molecule has 0 spiro atoms. The monoisotopic (exact) mass is 444 g/mol. The molecular formula is C22H22F2N4O4. The second kappa shape index (κ2) is 7.47. The number of carbonyl (C=O) groups is 2. The summed E-state index contributed by atoms with van der Waals surface area (Å²) in [5.41, 5.74) is -2.27. The minimum Gasteiger partial charge on any atom is -0.502 e. The predicted molar refractivity (Wildman–Crippen MR) is 112 cm³/mol. The van der Waals surface area contributed by atoms with Crippen molar-refractivity contribution in [1.82, 2.24) is 14.9 Å². The van der Waals surface area contributed by atoms with Gasteiger partial charge in [-0.05, 0) is 26.8 Å². The molecule has 4 rings (SSSR count). The highest BCUT2D eigenvalue weighted by atomic mass is 19.1. The van der Waals surface area contributed by atoms with Gasteiger partial charge in [0.1, 0.15) is 23.9 Å². The molecule has 1 aromatic heterocycles. The molecular weight excluding hydrogens is 422 g/mol. The molecule has 0 saturated carbocycles. The lowest BCUT2D eigenvalue weighted by atomic mass is 10.0. The van der Waals surface area contributed by atoms with E-state index in [1.54, 1.807) is 5.01 Å². The SMILES string of the molecule is C[C@H]1C=CC(C)(C)N2CN1n1cc(C(=O)NCc3ccc(F)cc3F)c(=O)c(O)c1C2=O. The van der Waals surface area contributed by atoms with Crippen molar-refractivity contribution in [2.24, 2.45) is 0 Å². The molecule has 2 aromatic rings. The summed E-state index contributed by atoms with van der Waals surface area (Å²) in [4.78, 5) is 40.1. The van der Waals surface area contributed by atoms with Gasteiger partial charge >= 0.3 is 0 Å². The third kappa shape index (κ3) is 3.41. The van der Waals surface area contributed by atoms with E-state index in [-0.39, 0.29) is 30.5 Å². The van der Waals surface area contributed by atoms with Crippen LogP contribution in [0.3, 0.4) is 0 Å². The van der Waals surface area contributed by atoms with Gasteiger partial charge in [0.15, 0.2) is 11.4 Å². The maximum Gasteiger partial charge on any atom is 0.278 e. The second-order valence-corrected chi connectivity index (χ2v) is 8.40. The van der Waals surface area contributed by atoms with Crippen LogP contribution in [0.4, 0.5) is 8.78 Å². The number of pyridine rings is 1. The average Bonchev–Trinajstić information content (AvgIpc) is 2.83. The Morgan fingerprint density at radius 3 is 2.69 bits per heavy atom. The first-order chi connectivity index (χ1) is 15.0. The van der Waals surface area contributed by atoms with Crippen molar-refractivity contribution in [2.75, 3.05) is 11.7 Å². The van der Waals surface area contributed by atoms with Crippen molar-refractivity contribution >= 4 is 11.8 Å². The van der Waals surface area contributed by atoms with Gasteiger partial charge in [-0.2, -0.15) is 0 Å². The summed E-state index contributed by atoms with van der Waals surface area (Å²) >= 11 is 0. The highest BCUT2D eigenvalue weighted by Gasteiger charge is 2.42. The zero-order valence-electron chi connectivity index (χ0n) is 17.7. The molecule has 0 fully saturated rings. The minimum atomic E-state index is -1.01. The number of halogens is 2. The molecule has 10 heteroatoms. The van der Waals surface area contributed by atoms with Crippen LogP contribution in [-0.4, -0.2) is 44.7 Å². The summed E-state index contributed by atoms with van der Waals surface area (Å²) in [6, 6.07) is 2.71. The summed E-state index contributed by atoms with van der Waals surface area (Å²) in [5.74, 6) is -3.83. The Bertz CT molecular complexity index is 1220. The fraction of sp³-hybridized carbons (Fsp3) is 0.318. The third-order valence-corrected chi connectivity index (χ3v) is 5.82. The maximum absolute atomic E-state index is 13.8. The lowest BCUT2D eigenvalue weighted by molar-refractivity contribution is 0.0545. The molecule has 2 amide bonds. The molecule has 2 bridgehead atoms. The van der Waals surface area contributed by atoms with E-state index >= 15 is 0 Å². The molecule has 1 aromatic carbocycles. The molecule has 2 aliphatic heterocycles. The number of aromatic nitrogens is 1. The van der Waals surface area contributed by atoms with Gasteiger partial charge in [-0.3, -0.25) is 24.1 Å². The van der Waals surface area contributed by atoms with Gasteiger partial charge in [0.05, 0.1) is 11.6 Å². The number of nitrogens with zero attached hydrogens (tertiary/aromatic N) is 3. The summed E-state index contributed by atoms with van der Waals surface area (Å²) in [5, 5.41) is 14.7. The Morgan fingerprint density at radius 2 is 2.00 bits per heavy atom. The van der Waals surface area contributed by atoms with E-state index < -0.39 is 45.7 Å². The number of hydrogen-bond acceptors (Lipinski definition) is 5. The molecule has 0 radical (unpaired) electrons. The van der Waals surface area contributed by atoms with Crippen LogP contribution in [0, 0.1) is 11.6 Å². The Labute approximate surface area is 182 Å². The summed E-state index contributed by atoms with van der Waals surface area (Å²) in [6.45, 7) is 5.45. The maximum atomic E-state index is 13.8. The van der Waals surface area contributed by atoms with E-state index in [4.69, 9.17) is 0 Å². The summed E-state index contributed by atoms with van der Waals surface area (Å²) in [7, 11) is 0. The molecule has 2 N–H and O–H groups in total. The number of carbonyl (C=O) groups excluding carboxylic acids is 2. The first-order valence-electron chi connectivity index (χ1n) is 10.0. The minimum absolute atomic E-state index is 0.0290. The zero-order chi connectivity index (χ0) is 23.4.